The highest BCUT2D eigenvalue weighted by Gasteiger charge is 2.50. The molecule has 4 aliphatic carbocycles. The molecule has 4 saturated carbocycles. The van der Waals surface area contributed by atoms with Crippen LogP contribution in [0, 0.1) is 23.2 Å². The highest BCUT2D eigenvalue weighted by Crippen LogP contribution is 2.59. The number of hydrogen-bond acceptors (Lipinski definition) is 3. The molecular formula is C23H33N3O2. The van der Waals surface area contributed by atoms with Crippen molar-refractivity contribution >= 4 is 11.8 Å². The van der Waals surface area contributed by atoms with E-state index in [1.54, 1.807) is 12.4 Å². The zero-order chi connectivity index (χ0) is 19.4. The van der Waals surface area contributed by atoms with Crippen molar-refractivity contribution in [2.75, 3.05) is 13.1 Å². The van der Waals surface area contributed by atoms with E-state index in [-0.39, 0.29) is 18.2 Å². The van der Waals surface area contributed by atoms with Gasteiger partial charge in [0.1, 0.15) is 0 Å². The van der Waals surface area contributed by atoms with Gasteiger partial charge in [-0.15, -0.1) is 0 Å². The summed E-state index contributed by atoms with van der Waals surface area (Å²) >= 11 is 0. The lowest BCUT2D eigenvalue weighted by Gasteiger charge is -2.56. The van der Waals surface area contributed by atoms with Crippen LogP contribution < -0.4 is 10.6 Å². The number of aryl methyl sites for hydroxylation is 1. The number of carbonyl (C=O) groups excluding carboxylic acids is 2. The predicted octanol–water partition coefficient (Wildman–Crippen LogP) is 3.24. The van der Waals surface area contributed by atoms with Crippen molar-refractivity contribution in [1.82, 2.24) is 15.6 Å². The van der Waals surface area contributed by atoms with E-state index in [0.29, 0.717) is 18.4 Å². The summed E-state index contributed by atoms with van der Waals surface area (Å²) in [6, 6.07) is 3.99. The van der Waals surface area contributed by atoms with Gasteiger partial charge in [0.2, 0.25) is 11.8 Å². The number of pyridine rings is 1. The normalized spacial score (nSPS) is 30.2. The number of amides is 2. The topological polar surface area (TPSA) is 71.1 Å². The molecule has 0 spiro atoms. The molecule has 0 atom stereocenters. The summed E-state index contributed by atoms with van der Waals surface area (Å²) in [7, 11) is 0. The lowest BCUT2D eigenvalue weighted by Crippen LogP contribution is -2.51. The van der Waals surface area contributed by atoms with Crippen molar-refractivity contribution in [2.45, 2.75) is 64.2 Å². The van der Waals surface area contributed by atoms with Gasteiger partial charge in [-0.3, -0.25) is 14.6 Å². The van der Waals surface area contributed by atoms with Gasteiger partial charge in [0, 0.05) is 38.3 Å². The van der Waals surface area contributed by atoms with Crippen molar-refractivity contribution in [2.24, 2.45) is 23.2 Å². The second-order valence-electron chi connectivity index (χ2n) is 9.50. The Balaban J connectivity index is 1.10. The molecule has 0 radical (unpaired) electrons. The smallest absolute Gasteiger partial charge is 0.220 e. The summed E-state index contributed by atoms with van der Waals surface area (Å²) in [5, 5.41) is 6.08. The number of aromatic nitrogens is 1. The number of hydrogen-bond donors (Lipinski definition) is 2. The first-order valence-corrected chi connectivity index (χ1v) is 11.0. The first kappa shape index (κ1) is 19.4. The molecule has 0 unspecified atom stereocenters. The molecule has 4 aliphatic rings. The third-order valence-corrected chi connectivity index (χ3v) is 7.12. The first-order chi connectivity index (χ1) is 13.6. The third kappa shape index (κ3) is 4.92. The molecule has 2 N–H and O–H groups in total. The fourth-order valence-corrected chi connectivity index (χ4v) is 6.27. The van der Waals surface area contributed by atoms with Crippen LogP contribution in [0.25, 0.3) is 0 Å². The molecule has 1 aromatic heterocycles. The van der Waals surface area contributed by atoms with Crippen molar-refractivity contribution < 1.29 is 9.59 Å². The first-order valence-electron chi connectivity index (χ1n) is 11.0. The average Bonchev–Trinajstić information content (AvgIpc) is 2.68. The molecule has 5 nitrogen and oxygen atoms in total. The van der Waals surface area contributed by atoms with Crippen LogP contribution in [0.1, 0.15) is 63.4 Å². The number of rotatable bonds is 9. The SMILES string of the molecule is O=C(CCC(=O)NCC12CC3CC(CC(C3)C1)C2)NCCCc1ccncc1. The molecule has 4 bridgehead atoms. The van der Waals surface area contributed by atoms with Gasteiger partial charge in [0.15, 0.2) is 0 Å². The minimum absolute atomic E-state index is 0.0281. The van der Waals surface area contributed by atoms with Gasteiger partial charge in [-0.1, -0.05) is 0 Å². The van der Waals surface area contributed by atoms with Crippen molar-refractivity contribution in [1.29, 1.82) is 0 Å². The van der Waals surface area contributed by atoms with Gasteiger partial charge in [-0.25, -0.2) is 0 Å². The van der Waals surface area contributed by atoms with Crippen LogP contribution in [0.5, 0.6) is 0 Å². The fraction of sp³-hybridized carbons (Fsp3) is 0.696. The molecule has 5 rings (SSSR count). The summed E-state index contributed by atoms with van der Waals surface area (Å²) in [5.41, 5.74) is 1.59. The van der Waals surface area contributed by atoms with Crippen molar-refractivity contribution in [3.63, 3.8) is 0 Å². The molecule has 28 heavy (non-hydrogen) atoms. The summed E-state index contributed by atoms with van der Waals surface area (Å²) in [4.78, 5) is 28.2. The predicted molar refractivity (Wildman–Crippen MR) is 108 cm³/mol. The maximum absolute atomic E-state index is 12.3. The van der Waals surface area contributed by atoms with Crippen LogP contribution in [-0.2, 0) is 16.0 Å². The largest absolute Gasteiger partial charge is 0.356 e. The number of carbonyl (C=O) groups is 2. The van der Waals surface area contributed by atoms with Gasteiger partial charge in [-0.2, -0.15) is 0 Å². The van der Waals surface area contributed by atoms with Crippen LogP contribution in [0.3, 0.4) is 0 Å². The Hall–Kier alpha value is -1.91. The van der Waals surface area contributed by atoms with E-state index < -0.39 is 0 Å². The zero-order valence-corrected chi connectivity index (χ0v) is 16.8. The minimum Gasteiger partial charge on any atom is -0.356 e. The quantitative estimate of drug-likeness (QED) is 0.643. The van der Waals surface area contributed by atoms with E-state index in [1.807, 2.05) is 12.1 Å². The molecule has 2 amide bonds. The second kappa shape index (κ2) is 8.62. The molecule has 0 aromatic carbocycles. The Morgan fingerprint density at radius 2 is 1.50 bits per heavy atom. The van der Waals surface area contributed by atoms with Gasteiger partial charge < -0.3 is 10.6 Å². The summed E-state index contributed by atoms with van der Waals surface area (Å²) in [6.07, 6.45) is 14.2. The van der Waals surface area contributed by atoms with Crippen molar-refractivity contribution in [3.05, 3.63) is 30.1 Å². The molecule has 4 fully saturated rings. The highest BCUT2D eigenvalue weighted by atomic mass is 16.2. The Labute approximate surface area is 168 Å². The summed E-state index contributed by atoms with van der Waals surface area (Å²) in [5.74, 6) is 2.71. The Kier molecular flexibility index (Phi) is 5.98. The van der Waals surface area contributed by atoms with E-state index in [2.05, 4.69) is 15.6 Å². The molecule has 1 heterocycles. The summed E-state index contributed by atoms with van der Waals surface area (Å²) in [6.45, 7) is 1.47. The molecule has 1 aromatic rings. The molecular weight excluding hydrogens is 350 g/mol. The lowest BCUT2D eigenvalue weighted by molar-refractivity contribution is -0.127. The maximum Gasteiger partial charge on any atom is 0.220 e. The van der Waals surface area contributed by atoms with Crippen LogP contribution in [0.2, 0.25) is 0 Å². The van der Waals surface area contributed by atoms with Gasteiger partial charge in [0.05, 0.1) is 0 Å². The average molecular weight is 384 g/mol. The number of nitrogens with one attached hydrogen (secondary N) is 2. The molecule has 0 saturated heterocycles. The van der Waals surface area contributed by atoms with Gasteiger partial charge in [-0.05, 0) is 92.2 Å². The van der Waals surface area contributed by atoms with Crippen molar-refractivity contribution in [3.8, 4) is 0 Å². The van der Waals surface area contributed by atoms with Crippen LogP contribution in [0.15, 0.2) is 24.5 Å². The van der Waals surface area contributed by atoms with Gasteiger partial charge >= 0.3 is 0 Å². The van der Waals surface area contributed by atoms with E-state index in [0.717, 1.165) is 37.1 Å². The third-order valence-electron chi connectivity index (χ3n) is 7.12. The Bertz CT molecular complexity index is 653. The highest BCUT2D eigenvalue weighted by molar-refractivity contribution is 5.83. The number of nitrogens with zero attached hydrogens (tertiary/aromatic N) is 1. The second-order valence-corrected chi connectivity index (χ2v) is 9.50. The monoisotopic (exact) mass is 383 g/mol. The fourth-order valence-electron chi connectivity index (χ4n) is 6.27. The Morgan fingerprint density at radius 3 is 2.11 bits per heavy atom. The van der Waals surface area contributed by atoms with Crippen LogP contribution in [0.4, 0.5) is 0 Å². The van der Waals surface area contributed by atoms with Crippen LogP contribution >= 0.6 is 0 Å². The molecule has 0 aliphatic heterocycles. The summed E-state index contributed by atoms with van der Waals surface area (Å²) < 4.78 is 0. The minimum atomic E-state index is -0.0281. The zero-order valence-electron chi connectivity index (χ0n) is 16.8. The van der Waals surface area contributed by atoms with E-state index in [9.17, 15) is 9.59 Å². The standard InChI is InChI=1S/C23H33N3O2/c27-21(25-7-1-2-17-5-8-24-9-6-17)3-4-22(28)26-16-23-13-18-10-19(14-23)12-20(11-18)15-23/h5-6,8-9,18-20H,1-4,7,10-16H2,(H,25,27)(H,26,28). The molecule has 5 heteroatoms. The maximum atomic E-state index is 12.3. The van der Waals surface area contributed by atoms with E-state index in [4.69, 9.17) is 0 Å². The molecule has 152 valence electrons. The van der Waals surface area contributed by atoms with E-state index >= 15 is 0 Å². The van der Waals surface area contributed by atoms with E-state index in [1.165, 1.54) is 44.1 Å². The Morgan fingerprint density at radius 1 is 0.929 bits per heavy atom. The van der Waals surface area contributed by atoms with Gasteiger partial charge in [0.25, 0.3) is 0 Å². The van der Waals surface area contributed by atoms with Crippen LogP contribution in [-0.4, -0.2) is 29.9 Å². The lowest BCUT2D eigenvalue weighted by atomic mass is 9.49.